The lowest BCUT2D eigenvalue weighted by Gasteiger charge is -2.27. The SMILES string of the molecule is COc1cc(C(C)C)cc(CCN2CCNCC2)c1OC. The lowest BCUT2D eigenvalue weighted by molar-refractivity contribution is 0.242. The van der Waals surface area contributed by atoms with Crippen LogP contribution >= 0.6 is 0 Å². The molecule has 1 fully saturated rings. The Hall–Kier alpha value is -1.26. The van der Waals surface area contributed by atoms with Gasteiger partial charge < -0.3 is 19.7 Å². The molecule has 0 amide bonds. The van der Waals surface area contributed by atoms with Gasteiger partial charge in [0, 0.05) is 32.7 Å². The fraction of sp³-hybridized carbons (Fsp3) is 0.647. The standard InChI is InChI=1S/C17H28N2O2/c1-13(2)15-11-14(17(21-4)16(12-15)20-3)5-8-19-9-6-18-7-10-19/h11-13,18H,5-10H2,1-4H3. The van der Waals surface area contributed by atoms with Gasteiger partial charge in [-0.3, -0.25) is 0 Å². The molecule has 118 valence electrons. The van der Waals surface area contributed by atoms with Crippen molar-refractivity contribution < 1.29 is 9.47 Å². The average molecular weight is 292 g/mol. The van der Waals surface area contributed by atoms with Gasteiger partial charge in [-0.2, -0.15) is 0 Å². The van der Waals surface area contributed by atoms with Crippen molar-refractivity contribution in [2.24, 2.45) is 0 Å². The van der Waals surface area contributed by atoms with E-state index in [0.717, 1.165) is 50.6 Å². The van der Waals surface area contributed by atoms with E-state index in [1.807, 2.05) is 0 Å². The number of piperazine rings is 1. The highest BCUT2D eigenvalue weighted by molar-refractivity contribution is 5.50. The molecule has 4 nitrogen and oxygen atoms in total. The van der Waals surface area contributed by atoms with Crippen molar-refractivity contribution in [2.45, 2.75) is 26.2 Å². The first kappa shape index (κ1) is 16.1. The minimum absolute atomic E-state index is 0.489. The van der Waals surface area contributed by atoms with Gasteiger partial charge in [0.15, 0.2) is 11.5 Å². The molecule has 21 heavy (non-hydrogen) atoms. The van der Waals surface area contributed by atoms with Crippen molar-refractivity contribution in [1.82, 2.24) is 10.2 Å². The number of ether oxygens (including phenoxy) is 2. The summed E-state index contributed by atoms with van der Waals surface area (Å²) in [5.74, 6) is 2.22. The Labute approximate surface area is 128 Å². The van der Waals surface area contributed by atoms with Crippen molar-refractivity contribution in [3.05, 3.63) is 23.3 Å². The minimum atomic E-state index is 0.489. The van der Waals surface area contributed by atoms with Gasteiger partial charge in [0.05, 0.1) is 14.2 Å². The molecule has 0 unspecified atom stereocenters. The van der Waals surface area contributed by atoms with Crippen molar-refractivity contribution in [2.75, 3.05) is 46.9 Å². The highest BCUT2D eigenvalue weighted by atomic mass is 16.5. The monoisotopic (exact) mass is 292 g/mol. The molecule has 1 aromatic rings. The number of nitrogens with one attached hydrogen (secondary N) is 1. The number of hydrogen-bond acceptors (Lipinski definition) is 4. The van der Waals surface area contributed by atoms with E-state index in [4.69, 9.17) is 9.47 Å². The zero-order chi connectivity index (χ0) is 15.2. The van der Waals surface area contributed by atoms with Gasteiger partial charge in [0.25, 0.3) is 0 Å². The number of benzene rings is 1. The average Bonchev–Trinajstić information content (AvgIpc) is 2.52. The van der Waals surface area contributed by atoms with E-state index in [0.29, 0.717) is 5.92 Å². The summed E-state index contributed by atoms with van der Waals surface area (Å²) < 4.78 is 11.1. The van der Waals surface area contributed by atoms with Crippen LogP contribution in [0.25, 0.3) is 0 Å². The smallest absolute Gasteiger partial charge is 0.163 e. The van der Waals surface area contributed by atoms with Gasteiger partial charge in [0.2, 0.25) is 0 Å². The summed E-state index contributed by atoms with van der Waals surface area (Å²) in [5.41, 5.74) is 2.56. The molecule has 0 radical (unpaired) electrons. The number of nitrogens with zero attached hydrogens (tertiary/aromatic N) is 1. The predicted molar refractivity (Wildman–Crippen MR) is 86.6 cm³/mol. The van der Waals surface area contributed by atoms with Gasteiger partial charge in [-0.25, -0.2) is 0 Å². The van der Waals surface area contributed by atoms with Crippen molar-refractivity contribution in [3.63, 3.8) is 0 Å². The Kier molecular flexibility index (Phi) is 5.88. The van der Waals surface area contributed by atoms with Gasteiger partial charge >= 0.3 is 0 Å². The molecule has 4 heteroatoms. The topological polar surface area (TPSA) is 33.7 Å². The van der Waals surface area contributed by atoms with E-state index in [-0.39, 0.29) is 0 Å². The summed E-state index contributed by atoms with van der Waals surface area (Å²) in [5, 5.41) is 3.39. The third-order valence-electron chi connectivity index (χ3n) is 4.15. The predicted octanol–water partition coefficient (Wildman–Crippen LogP) is 2.27. The Morgan fingerprint density at radius 1 is 1.14 bits per heavy atom. The zero-order valence-corrected chi connectivity index (χ0v) is 13.7. The zero-order valence-electron chi connectivity index (χ0n) is 13.7. The van der Waals surface area contributed by atoms with Crippen LogP contribution in [0.4, 0.5) is 0 Å². The van der Waals surface area contributed by atoms with Crippen LogP contribution in [-0.2, 0) is 6.42 Å². The van der Waals surface area contributed by atoms with Crippen LogP contribution in [0.2, 0.25) is 0 Å². The van der Waals surface area contributed by atoms with E-state index >= 15 is 0 Å². The van der Waals surface area contributed by atoms with Crippen molar-refractivity contribution in [3.8, 4) is 11.5 Å². The molecule has 1 aromatic carbocycles. The molecule has 0 saturated carbocycles. The Morgan fingerprint density at radius 3 is 2.43 bits per heavy atom. The number of rotatable bonds is 6. The largest absolute Gasteiger partial charge is 0.493 e. The van der Waals surface area contributed by atoms with Crippen LogP contribution in [0, 0.1) is 0 Å². The number of methoxy groups -OCH3 is 2. The summed E-state index contributed by atoms with van der Waals surface area (Å²) in [6.45, 7) is 9.93. The first-order chi connectivity index (χ1) is 10.2. The normalized spacial score (nSPS) is 16.2. The Morgan fingerprint density at radius 2 is 1.86 bits per heavy atom. The molecule has 1 N–H and O–H groups in total. The highest BCUT2D eigenvalue weighted by Gasteiger charge is 2.16. The van der Waals surface area contributed by atoms with Crippen LogP contribution in [0.1, 0.15) is 30.9 Å². The molecule has 1 saturated heterocycles. The molecule has 1 heterocycles. The first-order valence-corrected chi connectivity index (χ1v) is 7.83. The van der Waals surface area contributed by atoms with Gasteiger partial charge in [-0.1, -0.05) is 19.9 Å². The van der Waals surface area contributed by atoms with Crippen LogP contribution in [-0.4, -0.2) is 51.8 Å². The lowest BCUT2D eigenvalue weighted by Crippen LogP contribution is -2.44. The van der Waals surface area contributed by atoms with E-state index < -0.39 is 0 Å². The maximum atomic E-state index is 5.59. The second-order valence-corrected chi connectivity index (χ2v) is 5.91. The first-order valence-electron chi connectivity index (χ1n) is 7.83. The van der Waals surface area contributed by atoms with Gasteiger partial charge in [-0.05, 0) is 29.5 Å². The fourth-order valence-corrected chi connectivity index (χ4v) is 2.80. The molecule has 1 aliphatic heterocycles. The molecule has 0 bridgehead atoms. The third kappa shape index (κ3) is 4.11. The lowest BCUT2D eigenvalue weighted by atomic mass is 9.98. The molecule has 2 rings (SSSR count). The summed E-state index contributed by atoms with van der Waals surface area (Å²) in [4.78, 5) is 2.50. The molecular formula is C17H28N2O2. The van der Waals surface area contributed by atoms with Crippen molar-refractivity contribution >= 4 is 0 Å². The van der Waals surface area contributed by atoms with Crippen LogP contribution in [0.15, 0.2) is 12.1 Å². The summed E-state index contributed by atoms with van der Waals surface area (Å²) >= 11 is 0. The molecule has 0 aliphatic carbocycles. The Bertz CT molecular complexity index is 454. The van der Waals surface area contributed by atoms with Gasteiger partial charge in [-0.15, -0.1) is 0 Å². The second kappa shape index (κ2) is 7.66. The van der Waals surface area contributed by atoms with Gasteiger partial charge in [0.1, 0.15) is 0 Å². The summed E-state index contributed by atoms with van der Waals surface area (Å²) in [7, 11) is 3.43. The molecular weight excluding hydrogens is 264 g/mol. The Balaban J connectivity index is 2.16. The highest BCUT2D eigenvalue weighted by Crippen LogP contribution is 2.35. The summed E-state index contributed by atoms with van der Waals surface area (Å²) in [6, 6.07) is 4.37. The minimum Gasteiger partial charge on any atom is -0.493 e. The summed E-state index contributed by atoms with van der Waals surface area (Å²) in [6.07, 6.45) is 1.00. The molecule has 0 spiro atoms. The molecule has 0 atom stereocenters. The quantitative estimate of drug-likeness (QED) is 0.872. The molecule has 1 aliphatic rings. The number of hydrogen-bond donors (Lipinski definition) is 1. The van der Waals surface area contributed by atoms with Crippen LogP contribution in [0.3, 0.4) is 0 Å². The van der Waals surface area contributed by atoms with E-state index in [1.165, 1.54) is 11.1 Å². The maximum absolute atomic E-state index is 5.59. The fourth-order valence-electron chi connectivity index (χ4n) is 2.80. The van der Waals surface area contributed by atoms with E-state index in [9.17, 15) is 0 Å². The second-order valence-electron chi connectivity index (χ2n) is 5.91. The van der Waals surface area contributed by atoms with Crippen LogP contribution in [0.5, 0.6) is 11.5 Å². The van der Waals surface area contributed by atoms with E-state index in [2.05, 4.69) is 36.2 Å². The van der Waals surface area contributed by atoms with E-state index in [1.54, 1.807) is 14.2 Å². The third-order valence-corrected chi connectivity index (χ3v) is 4.15. The van der Waals surface area contributed by atoms with Crippen molar-refractivity contribution in [1.29, 1.82) is 0 Å². The van der Waals surface area contributed by atoms with Crippen LogP contribution < -0.4 is 14.8 Å². The maximum Gasteiger partial charge on any atom is 0.163 e. The molecule has 0 aromatic heterocycles.